The molecule has 0 aliphatic rings. The van der Waals surface area contributed by atoms with Crippen LogP contribution in [0, 0.1) is 0 Å². The van der Waals surface area contributed by atoms with Crippen LogP contribution >= 0.6 is 0 Å². The Labute approximate surface area is 31.8 Å². The SMILES string of the molecule is CCCNO. The van der Waals surface area contributed by atoms with Gasteiger partial charge in [-0.3, -0.25) is 0 Å². The fourth-order valence-electron chi connectivity index (χ4n) is 0.112. The average Bonchev–Trinajstić information content (AvgIpc) is 1.41. The summed E-state index contributed by atoms with van der Waals surface area (Å²) in [5, 5.41) is 7.82. The lowest BCUT2D eigenvalue weighted by atomic mass is 10.5. The lowest BCUT2D eigenvalue weighted by Gasteiger charge is -1.83. The Morgan fingerprint density at radius 2 is 2.40 bits per heavy atom. The van der Waals surface area contributed by atoms with Crippen molar-refractivity contribution in [2.24, 2.45) is 0 Å². The van der Waals surface area contributed by atoms with Gasteiger partial charge in [0.25, 0.3) is 0 Å². The summed E-state index contributed by atoms with van der Waals surface area (Å²) in [5.74, 6) is 0. The van der Waals surface area contributed by atoms with E-state index < -0.39 is 0 Å². The van der Waals surface area contributed by atoms with Crippen LogP contribution in [-0.4, -0.2) is 11.8 Å². The third-order valence-electron chi connectivity index (χ3n) is 0.362. The third-order valence-corrected chi connectivity index (χ3v) is 0.362. The van der Waals surface area contributed by atoms with E-state index in [1.54, 1.807) is 0 Å². The van der Waals surface area contributed by atoms with Crippen molar-refractivity contribution in [3.63, 3.8) is 0 Å². The van der Waals surface area contributed by atoms with E-state index in [9.17, 15) is 0 Å². The van der Waals surface area contributed by atoms with Gasteiger partial charge in [-0.15, -0.1) is 0 Å². The van der Waals surface area contributed by atoms with Gasteiger partial charge >= 0.3 is 0 Å². The van der Waals surface area contributed by atoms with E-state index in [1.165, 1.54) is 0 Å². The standard InChI is InChI=1S/C3H9NO/c1-2-3-4-5/h4-5H,2-3H2,1H3. The molecule has 0 aromatic heterocycles. The number of hydrogen-bond acceptors (Lipinski definition) is 2. The first kappa shape index (κ1) is 4.92. The summed E-state index contributed by atoms with van der Waals surface area (Å²) in [6.45, 7) is 2.68. The largest absolute Gasteiger partial charge is 0.317 e. The highest BCUT2D eigenvalue weighted by atomic mass is 16.5. The van der Waals surface area contributed by atoms with Crippen LogP contribution < -0.4 is 5.48 Å². The normalized spacial score (nSPS) is 8.40. The summed E-state index contributed by atoms with van der Waals surface area (Å²) in [5.41, 5.74) is 2.02. The Hall–Kier alpha value is -0.0800. The molecule has 0 aromatic carbocycles. The maximum Gasteiger partial charge on any atom is 0.0204 e. The topological polar surface area (TPSA) is 32.3 Å². The van der Waals surface area contributed by atoms with Crippen LogP contribution in [-0.2, 0) is 0 Å². The highest BCUT2D eigenvalue weighted by Gasteiger charge is 1.66. The fourth-order valence-corrected chi connectivity index (χ4v) is 0.112. The third kappa shape index (κ3) is 3.92. The minimum absolute atomic E-state index is 0.694. The smallest absolute Gasteiger partial charge is 0.0204 e. The van der Waals surface area contributed by atoms with Gasteiger partial charge in [0.1, 0.15) is 0 Å². The quantitative estimate of drug-likeness (QED) is 0.465. The van der Waals surface area contributed by atoms with E-state index in [2.05, 4.69) is 0 Å². The molecule has 0 amide bonds. The Morgan fingerprint density at radius 1 is 1.80 bits per heavy atom. The van der Waals surface area contributed by atoms with Crippen LogP contribution in [0.2, 0.25) is 0 Å². The van der Waals surface area contributed by atoms with Gasteiger partial charge in [-0.2, -0.15) is 0 Å². The summed E-state index contributed by atoms with van der Waals surface area (Å²) >= 11 is 0. The molecule has 0 radical (unpaired) electrons. The van der Waals surface area contributed by atoms with Crippen molar-refractivity contribution in [1.82, 2.24) is 5.48 Å². The Bertz CT molecular complexity index is 14.4. The molecular formula is C3H9NO. The van der Waals surface area contributed by atoms with Gasteiger partial charge < -0.3 is 5.21 Å². The van der Waals surface area contributed by atoms with E-state index in [0.29, 0.717) is 6.54 Å². The summed E-state index contributed by atoms with van der Waals surface area (Å²) in [6, 6.07) is 0. The first-order valence-electron chi connectivity index (χ1n) is 1.78. The molecule has 0 spiro atoms. The monoisotopic (exact) mass is 75.1 g/mol. The lowest BCUT2D eigenvalue weighted by molar-refractivity contribution is 0.167. The zero-order valence-corrected chi connectivity index (χ0v) is 3.36. The minimum Gasteiger partial charge on any atom is -0.317 e. The molecule has 5 heavy (non-hydrogen) atoms. The molecule has 0 aromatic rings. The summed E-state index contributed by atoms with van der Waals surface area (Å²) in [7, 11) is 0. The maximum atomic E-state index is 7.82. The molecule has 2 heteroatoms. The predicted molar refractivity (Wildman–Crippen MR) is 20.1 cm³/mol. The van der Waals surface area contributed by atoms with Crippen LogP contribution in [0.3, 0.4) is 0 Å². The molecule has 0 atom stereocenters. The second-order valence-electron chi connectivity index (χ2n) is 0.908. The van der Waals surface area contributed by atoms with Crippen LogP contribution in [0.15, 0.2) is 0 Å². The van der Waals surface area contributed by atoms with E-state index in [-0.39, 0.29) is 0 Å². The molecule has 0 saturated heterocycles. The second kappa shape index (κ2) is 3.92. The molecule has 0 fully saturated rings. The highest BCUT2D eigenvalue weighted by molar-refractivity contribution is 4.22. The average molecular weight is 75.1 g/mol. The van der Waals surface area contributed by atoms with Gasteiger partial charge in [0.15, 0.2) is 0 Å². The highest BCUT2D eigenvalue weighted by Crippen LogP contribution is 1.62. The van der Waals surface area contributed by atoms with Crippen molar-refractivity contribution in [1.29, 1.82) is 0 Å². The number of hydroxylamine groups is 1. The maximum absolute atomic E-state index is 7.82. The molecule has 0 heterocycles. The van der Waals surface area contributed by atoms with Gasteiger partial charge in [-0.05, 0) is 6.42 Å². The predicted octanol–water partition coefficient (Wildman–Crippen LogP) is 0.375. The fraction of sp³-hybridized carbons (Fsp3) is 1.00. The van der Waals surface area contributed by atoms with Gasteiger partial charge in [-0.1, -0.05) is 6.92 Å². The van der Waals surface area contributed by atoms with Gasteiger partial charge in [0.2, 0.25) is 0 Å². The Morgan fingerprint density at radius 3 is 2.40 bits per heavy atom. The summed E-state index contributed by atoms with van der Waals surface area (Å²) in [4.78, 5) is 0. The van der Waals surface area contributed by atoms with E-state index in [0.717, 1.165) is 6.42 Å². The molecule has 0 bridgehead atoms. The molecule has 0 aliphatic heterocycles. The van der Waals surface area contributed by atoms with Crippen molar-refractivity contribution in [2.75, 3.05) is 6.54 Å². The first-order chi connectivity index (χ1) is 2.41. The van der Waals surface area contributed by atoms with Crippen molar-refractivity contribution in [3.05, 3.63) is 0 Å². The Kier molecular flexibility index (Phi) is 3.86. The van der Waals surface area contributed by atoms with E-state index in [1.807, 2.05) is 12.4 Å². The number of rotatable bonds is 2. The van der Waals surface area contributed by atoms with Crippen molar-refractivity contribution in [2.45, 2.75) is 13.3 Å². The molecule has 2 nitrogen and oxygen atoms in total. The second-order valence-corrected chi connectivity index (χ2v) is 0.908. The molecule has 0 rings (SSSR count). The summed E-state index contributed by atoms with van der Waals surface area (Å²) in [6.07, 6.45) is 0.983. The van der Waals surface area contributed by atoms with Crippen LogP contribution in [0.1, 0.15) is 13.3 Å². The number of hydrogen-bond donors (Lipinski definition) is 2. The zero-order valence-electron chi connectivity index (χ0n) is 3.36. The minimum atomic E-state index is 0.694. The van der Waals surface area contributed by atoms with Crippen molar-refractivity contribution in [3.8, 4) is 0 Å². The van der Waals surface area contributed by atoms with Crippen molar-refractivity contribution < 1.29 is 5.21 Å². The van der Waals surface area contributed by atoms with Crippen LogP contribution in [0.4, 0.5) is 0 Å². The lowest BCUT2D eigenvalue weighted by Crippen LogP contribution is -2.06. The Balaban J connectivity index is 2.19. The molecule has 2 N–H and O–H groups in total. The molecular weight excluding hydrogens is 66.0 g/mol. The van der Waals surface area contributed by atoms with E-state index >= 15 is 0 Å². The molecule has 0 saturated carbocycles. The van der Waals surface area contributed by atoms with Gasteiger partial charge in [0, 0.05) is 6.54 Å². The molecule has 0 aliphatic carbocycles. The number of nitrogens with one attached hydrogen (secondary N) is 1. The molecule has 32 valence electrons. The van der Waals surface area contributed by atoms with E-state index in [4.69, 9.17) is 5.21 Å². The first-order valence-corrected chi connectivity index (χ1v) is 1.78. The zero-order chi connectivity index (χ0) is 4.12. The van der Waals surface area contributed by atoms with Crippen LogP contribution in [0.5, 0.6) is 0 Å². The van der Waals surface area contributed by atoms with Crippen molar-refractivity contribution >= 4 is 0 Å². The van der Waals surface area contributed by atoms with Crippen LogP contribution in [0.25, 0.3) is 0 Å². The molecule has 0 unspecified atom stereocenters. The van der Waals surface area contributed by atoms with Gasteiger partial charge in [-0.25, -0.2) is 5.48 Å². The summed E-state index contributed by atoms with van der Waals surface area (Å²) < 4.78 is 0. The van der Waals surface area contributed by atoms with Gasteiger partial charge in [0.05, 0.1) is 0 Å².